The van der Waals surface area contributed by atoms with Gasteiger partial charge in [-0.2, -0.15) is 0 Å². The second-order valence-corrected chi connectivity index (χ2v) is 10.4. The molecule has 0 amide bonds. The smallest absolute Gasteiger partial charge is 0.173 e. The third-order valence-electron chi connectivity index (χ3n) is 5.65. The third-order valence-corrected chi connectivity index (χ3v) is 7.73. The highest BCUT2D eigenvalue weighted by molar-refractivity contribution is 7.91. The van der Waals surface area contributed by atoms with Crippen molar-refractivity contribution in [3.05, 3.63) is 29.3 Å². The number of hydrogen-bond donors (Lipinski definition) is 1. The molecule has 2 heterocycles. The summed E-state index contributed by atoms with van der Waals surface area (Å²) in [7, 11) is -2.96. The van der Waals surface area contributed by atoms with Crippen LogP contribution in [0.5, 0.6) is 0 Å². The summed E-state index contributed by atoms with van der Waals surface area (Å²) in [6, 6.07) is 6.13. The molecule has 0 bridgehead atoms. The van der Waals surface area contributed by atoms with E-state index in [1.54, 1.807) is 0 Å². The second-order valence-electron chi connectivity index (χ2n) is 7.79. The number of anilines is 1. The first kappa shape index (κ1) is 21.5. The Morgan fingerprint density at radius 1 is 1.29 bits per heavy atom. The Kier molecular flexibility index (Phi) is 7.31. The molecule has 8 heteroatoms. The summed E-state index contributed by atoms with van der Waals surface area (Å²) in [6.07, 6.45) is 1.60. The van der Waals surface area contributed by atoms with Crippen LogP contribution in [0, 0.1) is 13.8 Å². The monoisotopic (exact) mass is 425 g/mol. The number of thiocarbonyl (C=S) groups is 1. The maximum Gasteiger partial charge on any atom is 0.173 e. The lowest BCUT2D eigenvalue weighted by Crippen LogP contribution is -2.45. The molecular weight excluding hydrogens is 394 g/mol. The van der Waals surface area contributed by atoms with Crippen LogP contribution in [0.25, 0.3) is 0 Å². The van der Waals surface area contributed by atoms with Crippen LogP contribution in [0.2, 0.25) is 0 Å². The number of benzene rings is 1. The molecule has 2 aliphatic heterocycles. The van der Waals surface area contributed by atoms with Gasteiger partial charge in [0.15, 0.2) is 14.9 Å². The van der Waals surface area contributed by atoms with E-state index in [0.717, 1.165) is 51.5 Å². The molecule has 2 aliphatic rings. The number of rotatable bonds is 6. The van der Waals surface area contributed by atoms with Gasteiger partial charge < -0.3 is 15.0 Å². The Morgan fingerprint density at radius 3 is 2.68 bits per heavy atom. The summed E-state index contributed by atoms with van der Waals surface area (Å²) in [5, 5.41) is 3.95. The van der Waals surface area contributed by atoms with Gasteiger partial charge in [-0.25, -0.2) is 8.42 Å². The van der Waals surface area contributed by atoms with E-state index in [2.05, 4.69) is 41.1 Å². The largest absolute Gasteiger partial charge is 0.379 e. The maximum absolute atomic E-state index is 12.0. The number of morpholine rings is 1. The topological polar surface area (TPSA) is 61.9 Å². The van der Waals surface area contributed by atoms with E-state index in [4.69, 9.17) is 17.0 Å². The van der Waals surface area contributed by atoms with Gasteiger partial charge in [0.2, 0.25) is 0 Å². The molecule has 1 N–H and O–H groups in total. The summed E-state index contributed by atoms with van der Waals surface area (Å²) in [6.45, 7) is 9.40. The lowest BCUT2D eigenvalue weighted by molar-refractivity contribution is 0.0366. The first-order valence-corrected chi connectivity index (χ1v) is 12.2. The quantitative estimate of drug-likeness (QED) is 0.701. The van der Waals surface area contributed by atoms with Crippen molar-refractivity contribution in [1.29, 1.82) is 0 Å². The maximum atomic E-state index is 12.0. The SMILES string of the molecule is Cc1ccc(NC(=S)N(CCCN2CCOCC2)[C@H]2CCS(=O)(=O)C2)cc1C. The predicted molar refractivity (Wildman–Crippen MR) is 118 cm³/mol. The van der Waals surface area contributed by atoms with Crippen LogP contribution in [0.1, 0.15) is 24.0 Å². The minimum absolute atomic E-state index is 0.0405. The van der Waals surface area contributed by atoms with Gasteiger partial charge in [0.05, 0.1) is 24.7 Å². The molecule has 0 aromatic heterocycles. The Morgan fingerprint density at radius 2 is 2.04 bits per heavy atom. The number of ether oxygens (including phenoxy) is 1. The molecule has 6 nitrogen and oxygen atoms in total. The minimum atomic E-state index is -2.96. The van der Waals surface area contributed by atoms with Crippen molar-refractivity contribution in [1.82, 2.24) is 9.80 Å². The molecule has 1 aromatic carbocycles. The Hall–Kier alpha value is -1.22. The summed E-state index contributed by atoms with van der Waals surface area (Å²) < 4.78 is 29.4. The molecule has 28 heavy (non-hydrogen) atoms. The number of hydrogen-bond acceptors (Lipinski definition) is 5. The van der Waals surface area contributed by atoms with Gasteiger partial charge in [0, 0.05) is 37.9 Å². The van der Waals surface area contributed by atoms with E-state index in [9.17, 15) is 8.42 Å². The van der Waals surface area contributed by atoms with Gasteiger partial charge in [-0.1, -0.05) is 6.07 Å². The van der Waals surface area contributed by atoms with Crippen LogP contribution in [0.3, 0.4) is 0 Å². The van der Waals surface area contributed by atoms with Crippen LogP contribution in [-0.2, 0) is 14.6 Å². The van der Waals surface area contributed by atoms with Gasteiger partial charge in [0.25, 0.3) is 0 Å². The number of nitrogens with one attached hydrogen (secondary N) is 1. The molecule has 0 unspecified atom stereocenters. The third kappa shape index (κ3) is 5.89. The fraction of sp³-hybridized carbons (Fsp3) is 0.650. The highest BCUT2D eigenvalue weighted by Gasteiger charge is 2.33. The molecule has 1 aromatic rings. The summed E-state index contributed by atoms with van der Waals surface area (Å²) in [5.41, 5.74) is 3.39. The lowest BCUT2D eigenvalue weighted by atomic mass is 10.1. The van der Waals surface area contributed by atoms with Gasteiger partial charge >= 0.3 is 0 Å². The first-order valence-electron chi connectivity index (χ1n) is 9.99. The summed E-state index contributed by atoms with van der Waals surface area (Å²) in [4.78, 5) is 4.49. The van der Waals surface area contributed by atoms with Crippen molar-refractivity contribution in [2.75, 3.05) is 56.2 Å². The average Bonchev–Trinajstić information content (AvgIpc) is 3.02. The summed E-state index contributed by atoms with van der Waals surface area (Å²) in [5.74, 6) is 0.448. The van der Waals surface area contributed by atoms with Crippen LogP contribution in [0.15, 0.2) is 18.2 Å². The van der Waals surface area contributed by atoms with Gasteiger partial charge in [-0.15, -0.1) is 0 Å². The van der Waals surface area contributed by atoms with Gasteiger partial charge in [-0.3, -0.25) is 4.90 Å². The molecule has 3 rings (SSSR count). The Bertz CT molecular complexity index is 792. The van der Waals surface area contributed by atoms with Crippen molar-refractivity contribution < 1.29 is 13.2 Å². The van der Waals surface area contributed by atoms with E-state index >= 15 is 0 Å². The number of nitrogens with zero attached hydrogens (tertiary/aromatic N) is 2. The zero-order valence-corrected chi connectivity index (χ0v) is 18.4. The fourth-order valence-corrected chi connectivity index (χ4v) is 5.86. The minimum Gasteiger partial charge on any atom is -0.379 e. The molecule has 2 fully saturated rings. The fourth-order valence-electron chi connectivity index (χ4n) is 3.78. The number of aryl methyl sites for hydroxylation is 2. The normalized spacial score (nSPS) is 22.1. The predicted octanol–water partition coefficient (Wildman–Crippen LogP) is 2.21. The zero-order valence-electron chi connectivity index (χ0n) is 16.8. The van der Waals surface area contributed by atoms with E-state index in [0.29, 0.717) is 11.5 Å². The Balaban J connectivity index is 1.64. The van der Waals surface area contributed by atoms with Crippen molar-refractivity contribution >= 4 is 32.9 Å². The van der Waals surface area contributed by atoms with Crippen molar-refractivity contribution in [2.24, 2.45) is 0 Å². The molecule has 0 spiro atoms. The van der Waals surface area contributed by atoms with E-state index < -0.39 is 9.84 Å². The van der Waals surface area contributed by atoms with Crippen LogP contribution in [-0.4, -0.2) is 80.3 Å². The highest BCUT2D eigenvalue weighted by Crippen LogP contribution is 2.21. The summed E-state index contributed by atoms with van der Waals surface area (Å²) >= 11 is 5.70. The van der Waals surface area contributed by atoms with E-state index in [1.807, 2.05) is 6.07 Å². The molecule has 0 aliphatic carbocycles. The van der Waals surface area contributed by atoms with Crippen LogP contribution in [0.4, 0.5) is 5.69 Å². The van der Waals surface area contributed by atoms with E-state index in [-0.39, 0.29) is 17.5 Å². The highest BCUT2D eigenvalue weighted by atomic mass is 32.2. The molecule has 1 atom stereocenters. The van der Waals surface area contributed by atoms with Crippen LogP contribution < -0.4 is 5.32 Å². The standard InChI is InChI=1S/C20H31N3O3S2/c1-16-4-5-18(14-17(16)2)21-20(27)23(19-6-13-28(24,25)15-19)8-3-7-22-9-11-26-12-10-22/h4-5,14,19H,3,6-13,15H2,1-2H3,(H,21,27)/t19-/m0/s1. The second kappa shape index (κ2) is 9.52. The van der Waals surface area contributed by atoms with Crippen molar-refractivity contribution in [3.8, 4) is 0 Å². The van der Waals surface area contributed by atoms with Crippen molar-refractivity contribution in [2.45, 2.75) is 32.7 Å². The first-order chi connectivity index (χ1) is 13.3. The van der Waals surface area contributed by atoms with Gasteiger partial charge in [-0.05, 0) is 62.2 Å². The van der Waals surface area contributed by atoms with Crippen LogP contribution >= 0.6 is 12.2 Å². The lowest BCUT2D eigenvalue weighted by Gasteiger charge is -2.33. The number of sulfone groups is 1. The molecule has 2 saturated heterocycles. The molecule has 0 radical (unpaired) electrons. The molecular formula is C20H31N3O3S2. The average molecular weight is 426 g/mol. The molecule has 156 valence electrons. The van der Waals surface area contributed by atoms with Crippen molar-refractivity contribution in [3.63, 3.8) is 0 Å². The van der Waals surface area contributed by atoms with Gasteiger partial charge in [0.1, 0.15) is 0 Å². The molecule has 0 saturated carbocycles. The zero-order chi connectivity index (χ0) is 20.1. The Labute approximate surface area is 174 Å². The van der Waals surface area contributed by atoms with E-state index in [1.165, 1.54) is 11.1 Å².